The Morgan fingerprint density at radius 3 is 2.58 bits per heavy atom. The lowest BCUT2D eigenvalue weighted by molar-refractivity contribution is 0.142. The smallest absolute Gasteiger partial charge is 0.264 e. The van der Waals surface area contributed by atoms with E-state index >= 15 is 0 Å². The summed E-state index contributed by atoms with van der Waals surface area (Å²) in [6.07, 6.45) is -2.49. The summed E-state index contributed by atoms with van der Waals surface area (Å²) in [7, 11) is 0. The first-order chi connectivity index (χ1) is 5.75. The number of nitrogens with one attached hydrogen (secondary N) is 1. The molecule has 0 bridgehead atoms. The monoisotopic (exact) mass is 173 g/mol. The molecular weight excluding hydrogens is 164 g/mol. The lowest BCUT2D eigenvalue weighted by Gasteiger charge is -2.06. The number of benzene rings is 1. The van der Waals surface area contributed by atoms with E-state index in [1.165, 1.54) is 6.07 Å². The molecule has 12 heavy (non-hydrogen) atoms. The van der Waals surface area contributed by atoms with Crippen LogP contribution in [0.2, 0.25) is 0 Å². The second-order valence-electron chi connectivity index (χ2n) is 2.33. The molecule has 0 saturated carbocycles. The van der Waals surface area contributed by atoms with Gasteiger partial charge in [0.25, 0.3) is 6.43 Å². The van der Waals surface area contributed by atoms with Crippen LogP contribution in [0.4, 0.5) is 8.78 Å². The molecule has 1 aromatic rings. The fourth-order valence-electron chi connectivity index (χ4n) is 0.993. The molecule has 0 aliphatic rings. The fraction of sp³-hybridized carbons (Fsp3) is 0.250. The highest BCUT2D eigenvalue weighted by Crippen LogP contribution is 2.22. The zero-order valence-corrected chi connectivity index (χ0v) is 6.30. The van der Waals surface area contributed by atoms with Crippen molar-refractivity contribution in [2.45, 2.75) is 13.0 Å². The van der Waals surface area contributed by atoms with Crippen molar-refractivity contribution < 1.29 is 14.0 Å². The van der Waals surface area contributed by atoms with Crippen LogP contribution in [0.3, 0.4) is 0 Å². The van der Waals surface area contributed by atoms with Crippen molar-refractivity contribution in [2.75, 3.05) is 0 Å². The van der Waals surface area contributed by atoms with E-state index < -0.39 is 6.43 Å². The van der Waals surface area contributed by atoms with Gasteiger partial charge in [-0.15, -0.1) is 0 Å². The van der Waals surface area contributed by atoms with Gasteiger partial charge in [0.05, 0.1) is 0 Å². The number of rotatable bonds is 3. The first-order valence-electron chi connectivity index (χ1n) is 3.48. The van der Waals surface area contributed by atoms with Crippen LogP contribution in [-0.2, 0) is 6.54 Å². The first kappa shape index (κ1) is 9.09. The fourth-order valence-corrected chi connectivity index (χ4v) is 0.993. The summed E-state index contributed by atoms with van der Waals surface area (Å²) >= 11 is 0. The molecule has 0 amide bonds. The van der Waals surface area contributed by atoms with E-state index in [4.69, 9.17) is 5.21 Å². The van der Waals surface area contributed by atoms with Crippen molar-refractivity contribution in [1.29, 1.82) is 0 Å². The van der Waals surface area contributed by atoms with Crippen molar-refractivity contribution in [3.05, 3.63) is 35.4 Å². The molecule has 0 spiro atoms. The number of halogens is 2. The van der Waals surface area contributed by atoms with E-state index in [2.05, 4.69) is 0 Å². The third-order valence-electron chi connectivity index (χ3n) is 1.56. The molecular formula is C8H9F2NO. The molecule has 0 heterocycles. The van der Waals surface area contributed by atoms with Gasteiger partial charge in [-0.1, -0.05) is 24.3 Å². The summed E-state index contributed by atoms with van der Waals surface area (Å²) in [5.74, 6) is 0. The molecule has 2 N–H and O–H groups in total. The van der Waals surface area contributed by atoms with Crippen molar-refractivity contribution in [3.63, 3.8) is 0 Å². The van der Waals surface area contributed by atoms with Gasteiger partial charge in [0, 0.05) is 12.1 Å². The predicted octanol–water partition coefficient (Wildman–Crippen LogP) is 2.10. The van der Waals surface area contributed by atoms with Crippen LogP contribution in [0, 0.1) is 0 Å². The molecule has 0 aliphatic heterocycles. The summed E-state index contributed by atoms with van der Waals surface area (Å²) in [6.45, 7) is 0.0422. The second-order valence-corrected chi connectivity index (χ2v) is 2.33. The quantitative estimate of drug-likeness (QED) is 0.686. The zero-order valence-electron chi connectivity index (χ0n) is 6.30. The third kappa shape index (κ3) is 1.99. The number of hydroxylamine groups is 1. The maximum absolute atomic E-state index is 12.2. The van der Waals surface area contributed by atoms with E-state index in [0.717, 1.165) is 0 Å². The highest BCUT2D eigenvalue weighted by Gasteiger charge is 2.10. The van der Waals surface area contributed by atoms with Gasteiger partial charge >= 0.3 is 0 Å². The number of hydrogen-bond acceptors (Lipinski definition) is 2. The summed E-state index contributed by atoms with van der Waals surface area (Å²) in [5.41, 5.74) is 2.22. The van der Waals surface area contributed by atoms with Crippen molar-refractivity contribution in [1.82, 2.24) is 5.48 Å². The van der Waals surface area contributed by atoms with Crippen LogP contribution in [0.5, 0.6) is 0 Å². The number of hydrogen-bond donors (Lipinski definition) is 2. The van der Waals surface area contributed by atoms with Gasteiger partial charge in [0.15, 0.2) is 0 Å². The van der Waals surface area contributed by atoms with Crippen LogP contribution in [0.15, 0.2) is 24.3 Å². The van der Waals surface area contributed by atoms with Crippen LogP contribution in [0.1, 0.15) is 17.6 Å². The third-order valence-corrected chi connectivity index (χ3v) is 1.56. The number of alkyl halides is 2. The minimum atomic E-state index is -2.49. The maximum atomic E-state index is 12.2. The van der Waals surface area contributed by atoms with Gasteiger partial charge in [-0.05, 0) is 5.56 Å². The Kier molecular flexibility index (Phi) is 3.13. The van der Waals surface area contributed by atoms with E-state index in [1.54, 1.807) is 18.2 Å². The highest BCUT2D eigenvalue weighted by molar-refractivity contribution is 5.27. The Hall–Kier alpha value is -1.00. The van der Waals surface area contributed by atoms with Gasteiger partial charge in [0.2, 0.25) is 0 Å². The lowest BCUT2D eigenvalue weighted by Crippen LogP contribution is -2.08. The van der Waals surface area contributed by atoms with Crippen molar-refractivity contribution in [2.24, 2.45) is 0 Å². The normalized spacial score (nSPS) is 10.7. The first-order valence-corrected chi connectivity index (χ1v) is 3.48. The standard InChI is InChI=1S/C8H9F2NO/c9-8(10)7-4-2-1-3-6(7)5-11-12/h1-4,8,11-12H,5H2. The van der Waals surface area contributed by atoms with Crippen molar-refractivity contribution in [3.8, 4) is 0 Å². The molecule has 0 saturated heterocycles. The van der Waals surface area contributed by atoms with Gasteiger partial charge in [0.1, 0.15) is 0 Å². The second kappa shape index (κ2) is 4.13. The molecule has 1 rings (SSSR count). The summed E-state index contributed by atoms with van der Waals surface area (Å²) in [6, 6.07) is 6.09. The Morgan fingerprint density at radius 1 is 1.33 bits per heavy atom. The molecule has 1 aromatic carbocycles. The molecule has 0 unspecified atom stereocenters. The highest BCUT2D eigenvalue weighted by atomic mass is 19.3. The van der Waals surface area contributed by atoms with Gasteiger partial charge in [-0.25, -0.2) is 14.3 Å². The summed E-state index contributed by atoms with van der Waals surface area (Å²) in [5, 5.41) is 8.33. The molecule has 0 fully saturated rings. The average Bonchev–Trinajstić information content (AvgIpc) is 2.05. The van der Waals surface area contributed by atoms with E-state index in [0.29, 0.717) is 5.56 Å². The Balaban J connectivity index is 2.92. The van der Waals surface area contributed by atoms with E-state index in [9.17, 15) is 8.78 Å². The van der Waals surface area contributed by atoms with Crippen LogP contribution >= 0.6 is 0 Å². The molecule has 2 nitrogen and oxygen atoms in total. The Labute approximate surface area is 68.8 Å². The van der Waals surface area contributed by atoms with Gasteiger partial charge in [-0.3, -0.25) is 0 Å². The molecule has 0 aliphatic carbocycles. The Bertz CT molecular complexity index is 253. The minimum absolute atomic E-state index is 0.0422. The van der Waals surface area contributed by atoms with Gasteiger partial charge in [-0.2, -0.15) is 0 Å². The topological polar surface area (TPSA) is 32.3 Å². The van der Waals surface area contributed by atoms with Crippen molar-refractivity contribution >= 4 is 0 Å². The largest absolute Gasteiger partial charge is 0.316 e. The molecule has 4 heteroatoms. The van der Waals surface area contributed by atoms with Crippen LogP contribution < -0.4 is 5.48 Å². The van der Waals surface area contributed by atoms with Crippen LogP contribution in [0.25, 0.3) is 0 Å². The summed E-state index contributed by atoms with van der Waals surface area (Å²) in [4.78, 5) is 0. The molecule has 66 valence electrons. The molecule has 0 radical (unpaired) electrons. The summed E-state index contributed by atoms with van der Waals surface area (Å²) < 4.78 is 24.5. The van der Waals surface area contributed by atoms with Gasteiger partial charge < -0.3 is 5.21 Å². The zero-order chi connectivity index (χ0) is 8.97. The maximum Gasteiger partial charge on any atom is 0.264 e. The minimum Gasteiger partial charge on any atom is -0.316 e. The lowest BCUT2D eigenvalue weighted by atomic mass is 10.1. The van der Waals surface area contributed by atoms with Crippen LogP contribution in [-0.4, -0.2) is 5.21 Å². The molecule has 0 atom stereocenters. The SMILES string of the molecule is ONCc1ccccc1C(F)F. The Morgan fingerprint density at radius 2 is 2.00 bits per heavy atom. The average molecular weight is 173 g/mol. The predicted molar refractivity (Wildman–Crippen MR) is 40.0 cm³/mol. The molecule has 0 aromatic heterocycles. The van der Waals surface area contributed by atoms with E-state index in [1.807, 2.05) is 5.48 Å². The van der Waals surface area contributed by atoms with E-state index in [-0.39, 0.29) is 12.1 Å².